The quantitative estimate of drug-likeness (QED) is 0.476. The van der Waals surface area contributed by atoms with E-state index in [1.807, 2.05) is 30.3 Å². The number of carbonyl (C=O) groups excluding carboxylic acids is 2. The van der Waals surface area contributed by atoms with Gasteiger partial charge in [0.05, 0.1) is 5.57 Å². The first-order valence-corrected chi connectivity index (χ1v) is 7.13. The molecule has 0 amide bonds. The third-order valence-corrected chi connectivity index (χ3v) is 3.14. The standard InChI is InChI=1S/C18H15ClO3/c1-13(20)12-22-18(21)17(11-14-5-3-2-4-6-14)15-7-9-16(19)10-8-15/h2-11H,12H2,1H3/b17-11+. The molecule has 0 unspecified atom stereocenters. The SMILES string of the molecule is CC(=O)COC(=O)/C(=C/c1ccccc1)c1ccc(Cl)cc1. The highest BCUT2D eigenvalue weighted by Gasteiger charge is 2.14. The van der Waals surface area contributed by atoms with Crippen molar-refractivity contribution in [2.45, 2.75) is 6.92 Å². The maximum Gasteiger partial charge on any atom is 0.339 e. The second kappa shape index (κ2) is 7.57. The Morgan fingerprint density at radius 1 is 1.05 bits per heavy atom. The highest BCUT2D eigenvalue weighted by atomic mass is 35.5. The molecule has 0 saturated carbocycles. The van der Waals surface area contributed by atoms with Gasteiger partial charge >= 0.3 is 5.97 Å². The number of esters is 1. The van der Waals surface area contributed by atoms with Gasteiger partial charge in [-0.15, -0.1) is 0 Å². The summed E-state index contributed by atoms with van der Waals surface area (Å²) in [6, 6.07) is 16.3. The number of carbonyl (C=O) groups is 2. The van der Waals surface area contributed by atoms with Gasteiger partial charge in [0.25, 0.3) is 0 Å². The average Bonchev–Trinajstić information content (AvgIpc) is 2.52. The van der Waals surface area contributed by atoms with Crippen LogP contribution in [-0.4, -0.2) is 18.4 Å². The van der Waals surface area contributed by atoms with E-state index in [4.69, 9.17) is 16.3 Å². The maximum absolute atomic E-state index is 12.3. The summed E-state index contributed by atoms with van der Waals surface area (Å²) in [5.74, 6) is -0.745. The van der Waals surface area contributed by atoms with Gasteiger partial charge in [0, 0.05) is 5.02 Å². The minimum atomic E-state index is -0.540. The van der Waals surface area contributed by atoms with Crippen LogP contribution in [0.25, 0.3) is 11.6 Å². The van der Waals surface area contributed by atoms with Crippen molar-refractivity contribution in [2.24, 2.45) is 0 Å². The van der Waals surface area contributed by atoms with Crippen molar-refractivity contribution in [3.05, 3.63) is 70.7 Å². The van der Waals surface area contributed by atoms with E-state index in [-0.39, 0.29) is 12.4 Å². The lowest BCUT2D eigenvalue weighted by atomic mass is 10.0. The van der Waals surface area contributed by atoms with E-state index in [2.05, 4.69) is 0 Å². The van der Waals surface area contributed by atoms with Crippen LogP contribution in [0, 0.1) is 0 Å². The van der Waals surface area contributed by atoms with Gasteiger partial charge < -0.3 is 4.74 Å². The second-order valence-electron chi connectivity index (χ2n) is 4.75. The van der Waals surface area contributed by atoms with E-state index < -0.39 is 5.97 Å². The van der Waals surface area contributed by atoms with Crippen molar-refractivity contribution in [1.82, 2.24) is 0 Å². The lowest BCUT2D eigenvalue weighted by molar-refractivity contribution is -0.141. The van der Waals surface area contributed by atoms with Crippen LogP contribution < -0.4 is 0 Å². The first-order valence-electron chi connectivity index (χ1n) is 6.75. The molecule has 0 aliphatic carbocycles. The zero-order valence-electron chi connectivity index (χ0n) is 12.1. The van der Waals surface area contributed by atoms with Crippen LogP contribution in [0.4, 0.5) is 0 Å². The van der Waals surface area contributed by atoms with Crippen molar-refractivity contribution in [3.8, 4) is 0 Å². The monoisotopic (exact) mass is 314 g/mol. The molecule has 0 spiro atoms. The molecule has 0 aromatic heterocycles. The van der Waals surface area contributed by atoms with Crippen molar-refractivity contribution < 1.29 is 14.3 Å². The van der Waals surface area contributed by atoms with Crippen LogP contribution in [-0.2, 0) is 14.3 Å². The molecule has 0 fully saturated rings. The van der Waals surface area contributed by atoms with Crippen LogP contribution in [0.2, 0.25) is 5.02 Å². The fourth-order valence-electron chi connectivity index (χ4n) is 1.85. The van der Waals surface area contributed by atoms with Gasteiger partial charge in [-0.2, -0.15) is 0 Å². The van der Waals surface area contributed by atoms with E-state index in [0.717, 1.165) is 5.56 Å². The van der Waals surface area contributed by atoms with Crippen molar-refractivity contribution in [3.63, 3.8) is 0 Å². The molecule has 2 aromatic rings. The summed E-state index contributed by atoms with van der Waals surface area (Å²) in [7, 11) is 0. The summed E-state index contributed by atoms with van der Waals surface area (Å²) >= 11 is 5.88. The Morgan fingerprint density at radius 2 is 1.68 bits per heavy atom. The van der Waals surface area contributed by atoms with Crippen LogP contribution >= 0.6 is 11.6 Å². The second-order valence-corrected chi connectivity index (χ2v) is 5.19. The molecule has 22 heavy (non-hydrogen) atoms. The molecule has 3 nitrogen and oxygen atoms in total. The lowest BCUT2D eigenvalue weighted by Crippen LogP contribution is -2.12. The van der Waals surface area contributed by atoms with Gasteiger partial charge in [0.2, 0.25) is 0 Å². The molecule has 0 aliphatic rings. The third kappa shape index (κ3) is 4.57. The van der Waals surface area contributed by atoms with Gasteiger partial charge in [-0.3, -0.25) is 4.79 Å². The van der Waals surface area contributed by atoms with E-state index >= 15 is 0 Å². The largest absolute Gasteiger partial charge is 0.454 e. The van der Waals surface area contributed by atoms with Crippen LogP contribution in [0.3, 0.4) is 0 Å². The zero-order valence-corrected chi connectivity index (χ0v) is 12.8. The van der Waals surface area contributed by atoms with E-state index in [1.165, 1.54) is 6.92 Å². The molecule has 2 aromatic carbocycles. The molecule has 0 bridgehead atoms. The Hall–Kier alpha value is -2.39. The van der Waals surface area contributed by atoms with Gasteiger partial charge in [0.15, 0.2) is 5.78 Å². The van der Waals surface area contributed by atoms with Gasteiger partial charge in [-0.1, -0.05) is 54.1 Å². The minimum Gasteiger partial charge on any atom is -0.454 e. The minimum absolute atomic E-state index is 0.205. The molecule has 2 rings (SSSR count). The zero-order chi connectivity index (χ0) is 15.9. The van der Waals surface area contributed by atoms with Crippen LogP contribution in [0.1, 0.15) is 18.1 Å². The Kier molecular flexibility index (Phi) is 5.50. The molecule has 0 radical (unpaired) electrons. The number of rotatable bonds is 5. The summed E-state index contributed by atoms with van der Waals surface area (Å²) in [4.78, 5) is 23.3. The Morgan fingerprint density at radius 3 is 2.27 bits per heavy atom. The van der Waals surface area contributed by atoms with Crippen molar-refractivity contribution in [1.29, 1.82) is 0 Å². The highest BCUT2D eigenvalue weighted by molar-refractivity contribution is 6.30. The summed E-state index contributed by atoms with van der Waals surface area (Å²) in [5.41, 5.74) is 1.93. The molecule has 0 N–H and O–H groups in total. The normalized spacial score (nSPS) is 11.1. The molecular formula is C18H15ClO3. The smallest absolute Gasteiger partial charge is 0.339 e. The summed E-state index contributed by atoms with van der Waals surface area (Å²) < 4.78 is 5.03. The fraction of sp³-hybridized carbons (Fsp3) is 0.111. The number of ketones is 1. The lowest BCUT2D eigenvalue weighted by Gasteiger charge is -2.08. The van der Waals surface area contributed by atoms with Crippen LogP contribution in [0.15, 0.2) is 54.6 Å². The molecule has 0 heterocycles. The summed E-state index contributed by atoms with van der Waals surface area (Å²) in [6.07, 6.45) is 1.73. The molecule has 0 atom stereocenters. The number of hydrogen-bond donors (Lipinski definition) is 0. The molecular weight excluding hydrogens is 300 g/mol. The Balaban J connectivity index is 2.36. The van der Waals surface area contributed by atoms with Gasteiger partial charge in [-0.05, 0) is 36.3 Å². The number of ether oxygens (including phenoxy) is 1. The molecule has 0 saturated heterocycles. The first kappa shape index (κ1) is 16.0. The number of halogens is 1. The van der Waals surface area contributed by atoms with Crippen molar-refractivity contribution >= 4 is 35.0 Å². The van der Waals surface area contributed by atoms with E-state index in [9.17, 15) is 9.59 Å². The first-order chi connectivity index (χ1) is 10.6. The summed E-state index contributed by atoms with van der Waals surface area (Å²) in [5, 5.41) is 0.583. The Labute approximate surface area is 134 Å². The number of hydrogen-bond acceptors (Lipinski definition) is 3. The van der Waals surface area contributed by atoms with Crippen LogP contribution in [0.5, 0.6) is 0 Å². The number of benzene rings is 2. The molecule has 4 heteroatoms. The molecule has 112 valence electrons. The maximum atomic E-state index is 12.3. The van der Waals surface area contributed by atoms with E-state index in [0.29, 0.717) is 16.2 Å². The van der Waals surface area contributed by atoms with Gasteiger partial charge in [-0.25, -0.2) is 4.79 Å². The highest BCUT2D eigenvalue weighted by Crippen LogP contribution is 2.22. The van der Waals surface area contributed by atoms with E-state index in [1.54, 1.807) is 30.3 Å². The number of Topliss-reactive ketones (excluding diaryl/α,β-unsaturated/α-hetero) is 1. The topological polar surface area (TPSA) is 43.4 Å². The summed E-state index contributed by atoms with van der Waals surface area (Å²) in [6.45, 7) is 1.13. The van der Waals surface area contributed by atoms with Crippen molar-refractivity contribution in [2.75, 3.05) is 6.61 Å². The third-order valence-electron chi connectivity index (χ3n) is 2.89. The Bertz CT molecular complexity index is 688. The predicted octanol–water partition coefficient (Wildman–Crippen LogP) is 4.01. The fourth-order valence-corrected chi connectivity index (χ4v) is 1.98. The predicted molar refractivity (Wildman–Crippen MR) is 87.4 cm³/mol. The van der Waals surface area contributed by atoms with Gasteiger partial charge in [0.1, 0.15) is 6.61 Å². The molecule has 0 aliphatic heterocycles. The average molecular weight is 315 g/mol.